The Hall–Kier alpha value is -4.06. The minimum absolute atomic E-state index is 0.149. The van der Waals surface area contributed by atoms with Crippen LogP contribution in [0.3, 0.4) is 0 Å². The maximum Gasteiger partial charge on any atom is 0.295 e. The van der Waals surface area contributed by atoms with Crippen LogP contribution in [0.25, 0.3) is 0 Å². The summed E-state index contributed by atoms with van der Waals surface area (Å²) in [5, 5.41) is 15.1. The second-order valence-corrected chi connectivity index (χ2v) is 7.93. The van der Waals surface area contributed by atoms with Crippen molar-refractivity contribution < 1.29 is 26.9 Å². The first kappa shape index (κ1) is 22.6. The second-order valence-electron chi connectivity index (χ2n) is 6.25. The van der Waals surface area contributed by atoms with E-state index in [2.05, 4.69) is 15.2 Å². The van der Waals surface area contributed by atoms with Gasteiger partial charge in [-0.3, -0.25) is 20.3 Å². The highest BCUT2D eigenvalue weighted by atomic mass is 32.2. The maximum absolute atomic E-state index is 13.7. The number of nitro benzene ring substituents is 1. The van der Waals surface area contributed by atoms with E-state index in [0.717, 1.165) is 36.5 Å². The van der Waals surface area contributed by atoms with E-state index in [-0.39, 0.29) is 22.0 Å². The number of hydrogen-bond acceptors (Lipinski definition) is 7. The van der Waals surface area contributed by atoms with Gasteiger partial charge >= 0.3 is 0 Å². The van der Waals surface area contributed by atoms with Crippen molar-refractivity contribution in [2.75, 3.05) is 17.3 Å². The predicted octanol–water partition coefficient (Wildman–Crippen LogP) is 4.13. The normalized spacial score (nSPS) is 11.3. The molecular formula is C20H16F2N4O5S. The summed E-state index contributed by atoms with van der Waals surface area (Å²) in [6.45, 7) is 0. The minimum atomic E-state index is -4.19. The third-order valence-corrected chi connectivity index (χ3v) is 5.57. The lowest BCUT2D eigenvalue weighted by Crippen LogP contribution is -2.14. The number of benzene rings is 3. The summed E-state index contributed by atoms with van der Waals surface area (Å²) >= 11 is 0. The van der Waals surface area contributed by atoms with Crippen molar-refractivity contribution in [1.82, 2.24) is 0 Å². The standard InChI is InChI=1S/C20H16F2N4O5S/c1-31-20-8-3-2-7-18(20)25-32(29,30)13-9-10-17(19(11-13)26(27)28)24-23-12-14-15(21)5-4-6-16(14)22/h2-12,24-25H,1H3/b23-12-. The molecule has 9 nitrogen and oxygen atoms in total. The molecule has 3 aromatic carbocycles. The molecule has 0 fully saturated rings. The van der Waals surface area contributed by atoms with Crippen molar-refractivity contribution in [1.29, 1.82) is 0 Å². The summed E-state index contributed by atoms with van der Waals surface area (Å²) < 4.78 is 60.1. The first-order valence-electron chi connectivity index (χ1n) is 8.90. The van der Waals surface area contributed by atoms with Crippen LogP contribution < -0.4 is 14.9 Å². The Morgan fingerprint density at radius 3 is 2.38 bits per heavy atom. The van der Waals surface area contributed by atoms with Gasteiger partial charge in [-0.2, -0.15) is 5.10 Å². The van der Waals surface area contributed by atoms with E-state index in [9.17, 15) is 27.3 Å². The number of methoxy groups -OCH3 is 1. The number of nitrogens with zero attached hydrogens (tertiary/aromatic N) is 2. The van der Waals surface area contributed by atoms with E-state index >= 15 is 0 Å². The summed E-state index contributed by atoms with van der Waals surface area (Å²) in [5.74, 6) is -1.47. The van der Waals surface area contributed by atoms with Crippen LogP contribution in [0, 0.1) is 21.7 Å². The lowest BCUT2D eigenvalue weighted by atomic mass is 10.2. The SMILES string of the molecule is COc1ccccc1NS(=O)(=O)c1ccc(N/N=C\c2c(F)cccc2F)c([N+](=O)[O-])c1. The zero-order valence-corrected chi connectivity index (χ0v) is 17.3. The monoisotopic (exact) mass is 462 g/mol. The van der Waals surface area contributed by atoms with E-state index in [0.29, 0.717) is 0 Å². The molecule has 0 saturated carbocycles. The number of sulfonamides is 1. The van der Waals surface area contributed by atoms with Crippen molar-refractivity contribution in [2.45, 2.75) is 4.90 Å². The fraction of sp³-hybridized carbons (Fsp3) is 0.0500. The highest BCUT2D eigenvalue weighted by molar-refractivity contribution is 7.92. The van der Waals surface area contributed by atoms with Crippen LogP contribution in [0.15, 0.2) is 70.7 Å². The van der Waals surface area contributed by atoms with Crippen LogP contribution in [0.1, 0.15) is 5.56 Å². The smallest absolute Gasteiger partial charge is 0.295 e. The third-order valence-electron chi connectivity index (χ3n) is 4.21. The Morgan fingerprint density at radius 2 is 1.72 bits per heavy atom. The number of anilines is 2. The second kappa shape index (κ2) is 9.39. The van der Waals surface area contributed by atoms with E-state index < -0.39 is 37.8 Å². The zero-order chi connectivity index (χ0) is 23.3. The first-order chi connectivity index (χ1) is 15.2. The van der Waals surface area contributed by atoms with Gasteiger partial charge in [0.05, 0.1) is 34.4 Å². The van der Waals surface area contributed by atoms with Gasteiger partial charge in [-0.25, -0.2) is 17.2 Å². The van der Waals surface area contributed by atoms with Crippen LogP contribution in [0.5, 0.6) is 5.75 Å². The van der Waals surface area contributed by atoms with Crippen LogP contribution in [0.4, 0.5) is 25.8 Å². The van der Waals surface area contributed by atoms with Gasteiger partial charge in [0.25, 0.3) is 15.7 Å². The lowest BCUT2D eigenvalue weighted by Gasteiger charge is -2.12. The van der Waals surface area contributed by atoms with Gasteiger partial charge in [-0.15, -0.1) is 0 Å². The molecule has 0 spiro atoms. The maximum atomic E-state index is 13.7. The Labute approximate surface area is 181 Å². The number of rotatable bonds is 8. The van der Waals surface area contributed by atoms with Gasteiger partial charge in [-0.05, 0) is 36.4 Å². The van der Waals surface area contributed by atoms with E-state index in [1.54, 1.807) is 18.2 Å². The van der Waals surface area contributed by atoms with Crippen LogP contribution in [-0.4, -0.2) is 26.7 Å². The van der Waals surface area contributed by atoms with E-state index in [4.69, 9.17) is 4.74 Å². The van der Waals surface area contributed by atoms with Gasteiger partial charge in [0, 0.05) is 6.07 Å². The topological polar surface area (TPSA) is 123 Å². The molecule has 0 aliphatic heterocycles. The summed E-state index contributed by atoms with van der Waals surface area (Å²) in [6, 6.07) is 12.6. The Bertz CT molecular complexity index is 1280. The molecule has 0 saturated heterocycles. The highest BCUT2D eigenvalue weighted by Crippen LogP contribution is 2.30. The number of nitrogens with one attached hydrogen (secondary N) is 2. The summed E-state index contributed by atoms with van der Waals surface area (Å²) in [6.07, 6.45) is 0.822. The minimum Gasteiger partial charge on any atom is -0.495 e. The quantitative estimate of drug-likeness (QED) is 0.295. The predicted molar refractivity (Wildman–Crippen MR) is 114 cm³/mol. The molecule has 12 heteroatoms. The molecule has 0 bridgehead atoms. The number of ether oxygens (including phenoxy) is 1. The number of halogens is 2. The van der Waals surface area contributed by atoms with Crippen LogP contribution >= 0.6 is 0 Å². The van der Waals surface area contributed by atoms with Gasteiger partial charge in [0.2, 0.25) is 0 Å². The van der Waals surface area contributed by atoms with Gasteiger partial charge in [0.1, 0.15) is 23.1 Å². The van der Waals surface area contributed by atoms with Crippen molar-refractivity contribution in [2.24, 2.45) is 5.10 Å². The fourth-order valence-corrected chi connectivity index (χ4v) is 3.75. The average Bonchev–Trinajstić information content (AvgIpc) is 2.75. The van der Waals surface area contributed by atoms with Crippen LogP contribution in [-0.2, 0) is 10.0 Å². The third kappa shape index (κ3) is 4.98. The van der Waals surface area contributed by atoms with Crippen molar-refractivity contribution >= 4 is 33.3 Å². The van der Waals surface area contributed by atoms with Gasteiger partial charge in [0.15, 0.2) is 0 Å². The molecule has 0 unspecified atom stereocenters. The van der Waals surface area contributed by atoms with Crippen LogP contribution in [0.2, 0.25) is 0 Å². The average molecular weight is 462 g/mol. The molecular weight excluding hydrogens is 446 g/mol. The zero-order valence-electron chi connectivity index (χ0n) is 16.5. The Kier molecular flexibility index (Phi) is 6.64. The van der Waals surface area contributed by atoms with Crippen molar-refractivity contribution in [3.05, 3.63) is 88.0 Å². The molecule has 0 atom stereocenters. The molecule has 32 heavy (non-hydrogen) atoms. The highest BCUT2D eigenvalue weighted by Gasteiger charge is 2.22. The molecule has 3 rings (SSSR count). The van der Waals surface area contributed by atoms with Crippen molar-refractivity contribution in [3.8, 4) is 5.75 Å². The van der Waals surface area contributed by atoms with Gasteiger partial charge in [-0.1, -0.05) is 18.2 Å². The Balaban J connectivity index is 1.89. The molecule has 0 radical (unpaired) electrons. The number of para-hydroxylation sites is 2. The Morgan fingerprint density at radius 1 is 1.03 bits per heavy atom. The molecule has 0 heterocycles. The van der Waals surface area contributed by atoms with Crippen molar-refractivity contribution in [3.63, 3.8) is 0 Å². The molecule has 2 N–H and O–H groups in total. The molecule has 0 aliphatic carbocycles. The first-order valence-corrected chi connectivity index (χ1v) is 10.4. The molecule has 166 valence electrons. The number of hydrogen-bond donors (Lipinski definition) is 2. The molecule has 0 aliphatic rings. The number of hydrazone groups is 1. The molecule has 3 aromatic rings. The van der Waals surface area contributed by atoms with Gasteiger partial charge < -0.3 is 4.74 Å². The lowest BCUT2D eigenvalue weighted by molar-refractivity contribution is -0.384. The molecule has 0 aromatic heterocycles. The van der Waals surface area contributed by atoms with E-state index in [1.165, 1.54) is 19.2 Å². The summed E-state index contributed by atoms with van der Waals surface area (Å²) in [5.41, 5.74) is 1.22. The summed E-state index contributed by atoms with van der Waals surface area (Å²) in [7, 11) is -2.83. The van der Waals surface area contributed by atoms with E-state index in [1.807, 2.05) is 0 Å². The largest absolute Gasteiger partial charge is 0.495 e. The summed E-state index contributed by atoms with van der Waals surface area (Å²) in [4.78, 5) is 10.3. The number of nitro groups is 1. The molecule has 0 amide bonds. The fourth-order valence-electron chi connectivity index (χ4n) is 2.66.